The van der Waals surface area contributed by atoms with E-state index in [1.807, 2.05) is 0 Å². The van der Waals surface area contributed by atoms with Crippen molar-refractivity contribution in [3.63, 3.8) is 0 Å². The van der Waals surface area contributed by atoms with Gasteiger partial charge >= 0.3 is 7.12 Å². The van der Waals surface area contributed by atoms with E-state index in [1.54, 1.807) is 26.2 Å². The van der Waals surface area contributed by atoms with Crippen molar-refractivity contribution >= 4 is 17.3 Å². The van der Waals surface area contributed by atoms with Gasteiger partial charge in [0.1, 0.15) is 0 Å². The summed E-state index contributed by atoms with van der Waals surface area (Å²) in [5.74, 6) is 0.0387. The van der Waals surface area contributed by atoms with Crippen LogP contribution in [0.4, 0.5) is 0 Å². The van der Waals surface area contributed by atoms with Crippen molar-refractivity contribution in [3.8, 4) is 0 Å². The lowest BCUT2D eigenvalue weighted by atomic mass is 9.82. The second-order valence-corrected chi connectivity index (χ2v) is 7.99. The van der Waals surface area contributed by atoms with Crippen molar-refractivity contribution in [3.05, 3.63) is 0 Å². The third-order valence-electron chi connectivity index (χ3n) is 4.09. The molecule has 0 amide bonds. The van der Waals surface area contributed by atoms with E-state index in [1.165, 1.54) is 8.72 Å². The molecule has 9 nitrogen and oxygen atoms in total. The SMILES string of the molecule is CNCCN(N(C)C)S(=O)(=O)N1C[C@H](CCCB(O)O)[C@@H](N)C1. The Balaban J connectivity index is 2.69. The molecule has 23 heavy (non-hydrogen) atoms. The van der Waals surface area contributed by atoms with Crippen LogP contribution in [-0.2, 0) is 10.2 Å². The van der Waals surface area contributed by atoms with Gasteiger partial charge in [-0.05, 0) is 25.7 Å². The molecule has 0 unspecified atom stereocenters. The van der Waals surface area contributed by atoms with E-state index in [0.717, 1.165) is 0 Å². The van der Waals surface area contributed by atoms with Crippen LogP contribution in [0, 0.1) is 5.92 Å². The maximum Gasteiger partial charge on any atom is 0.451 e. The van der Waals surface area contributed by atoms with E-state index in [0.29, 0.717) is 39.0 Å². The van der Waals surface area contributed by atoms with Gasteiger partial charge in [-0.3, -0.25) is 0 Å². The molecule has 1 heterocycles. The number of nitrogens with zero attached hydrogens (tertiary/aromatic N) is 3. The van der Waals surface area contributed by atoms with Crippen molar-refractivity contribution in [2.45, 2.75) is 25.2 Å². The van der Waals surface area contributed by atoms with E-state index in [4.69, 9.17) is 15.8 Å². The van der Waals surface area contributed by atoms with Gasteiger partial charge in [-0.2, -0.15) is 12.7 Å². The molecule has 1 aliphatic rings. The zero-order valence-corrected chi connectivity index (χ0v) is 15.0. The second kappa shape index (κ2) is 9.28. The Hall–Kier alpha value is -0.265. The van der Waals surface area contributed by atoms with Crippen molar-refractivity contribution in [2.24, 2.45) is 11.7 Å². The van der Waals surface area contributed by atoms with Crippen molar-refractivity contribution in [2.75, 3.05) is 47.3 Å². The van der Waals surface area contributed by atoms with Gasteiger partial charge in [0.2, 0.25) is 0 Å². The van der Waals surface area contributed by atoms with E-state index in [-0.39, 0.29) is 18.3 Å². The number of rotatable bonds is 10. The lowest BCUT2D eigenvalue weighted by Gasteiger charge is -2.31. The maximum atomic E-state index is 12.8. The largest absolute Gasteiger partial charge is 0.451 e. The second-order valence-electron chi connectivity index (χ2n) is 6.16. The normalized spacial score (nSPS) is 23.1. The Morgan fingerprint density at radius 1 is 1.35 bits per heavy atom. The average molecular weight is 351 g/mol. The third kappa shape index (κ3) is 5.94. The third-order valence-corrected chi connectivity index (χ3v) is 6.08. The first-order valence-corrected chi connectivity index (χ1v) is 9.31. The summed E-state index contributed by atoms with van der Waals surface area (Å²) in [4.78, 5) is 0. The van der Waals surface area contributed by atoms with E-state index in [9.17, 15) is 8.42 Å². The molecule has 0 saturated carbocycles. The van der Waals surface area contributed by atoms with Gasteiger partial charge in [0.05, 0.1) is 0 Å². The standard InChI is InChI=1S/C12H30BN5O4S/c1-15-7-8-18(16(2)3)23(21,22)17-9-11(12(14)10-17)5-4-6-13(19)20/h11-12,15,19-20H,4-10,14H2,1-3H3/t11-,12-/m0/s1. The summed E-state index contributed by atoms with van der Waals surface area (Å²) in [7, 11) is 0.244. The molecule has 0 aliphatic carbocycles. The fourth-order valence-corrected chi connectivity index (χ4v) is 4.52. The lowest BCUT2D eigenvalue weighted by Crippen LogP contribution is -2.51. The highest BCUT2D eigenvalue weighted by molar-refractivity contribution is 7.86. The Bertz CT molecular complexity index is 451. The number of likely N-dealkylation sites (N-methyl/N-ethyl adjacent to an activating group) is 1. The molecule has 0 aromatic carbocycles. The number of hydrogen-bond acceptors (Lipinski definition) is 7. The van der Waals surface area contributed by atoms with Crippen molar-refractivity contribution in [1.82, 2.24) is 19.0 Å². The minimum Gasteiger partial charge on any atom is -0.427 e. The monoisotopic (exact) mass is 351 g/mol. The summed E-state index contributed by atoms with van der Waals surface area (Å²) in [5, 5.41) is 22.3. The zero-order valence-electron chi connectivity index (χ0n) is 14.2. The van der Waals surface area contributed by atoms with Crippen LogP contribution in [-0.4, -0.2) is 92.7 Å². The zero-order chi connectivity index (χ0) is 17.6. The lowest BCUT2D eigenvalue weighted by molar-refractivity contribution is 0.118. The molecule has 0 spiro atoms. The molecule has 136 valence electrons. The smallest absolute Gasteiger partial charge is 0.427 e. The van der Waals surface area contributed by atoms with Crippen molar-refractivity contribution < 1.29 is 18.5 Å². The van der Waals surface area contributed by atoms with Gasteiger partial charge in [0.15, 0.2) is 0 Å². The summed E-state index contributed by atoms with van der Waals surface area (Å²) in [5.41, 5.74) is 6.08. The molecule has 5 N–H and O–H groups in total. The summed E-state index contributed by atoms with van der Waals surface area (Å²) in [6, 6.07) is -0.228. The Morgan fingerprint density at radius 3 is 2.52 bits per heavy atom. The maximum absolute atomic E-state index is 12.8. The molecule has 1 rings (SSSR count). The first-order valence-electron chi connectivity index (χ1n) is 7.91. The molecule has 0 radical (unpaired) electrons. The highest BCUT2D eigenvalue weighted by atomic mass is 32.2. The van der Waals surface area contributed by atoms with Gasteiger partial charge in [-0.25, -0.2) is 5.01 Å². The number of hydrogen-bond donors (Lipinski definition) is 4. The van der Waals surface area contributed by atoms with Crippen LogP contribution in [0.25, 0.3) is 0 Å². The Labute approximate surface area is 139 Å². The molecule has 11 heteroatoms. The molecule has 1 fully saturated rings. The van der Waals surface area contributed by atoms with Crippen LogP contribution in [0.5, 0.6) is 0 Å². The minimum absolute atomic E-state index is 0.0387. The van der Waals surface area contributed by atoms with Crippen LogP contribution in [0.3, 0.4) is 0 Å². The predicted molar refractivity (Wildman–Crippen MR) is 90.5 cm³/mol. The van der Waals surface area contributed by atoms with E-state index < -0.39 is 17.3 Å². The number of hydrazine groups is 1. The van der Waals surface area contributed by atoms with Crippen LogP contribution >= 0.6 is 0 Å². The molecule has 0 aromatic rings. The molecule has 0 bridgehead atoms. The Morgan fingerprint density at radius 2 is 2.00 bits per heavy atom. The van der Waals surface area contributed by atoms with Crippen LogP contribution < -0.4 is 11.1 Å². The van der Waals surface area contributed by atoms with Crippen LogP contribution in [0.15, 0.2) is 0 Å². The molecule has 1 saturated heterocycles. The highest BCUT2D eigenvalue weighted by Gasteiger charge is 2.40. The molecular weight excluding hydrogens is 321 g/mol. The van der Waals surface area contributed by atoms with Gasteiger partial charge in [0, 0.05) is 46.3 Å². The summed E-state index contributed by atoms with van der Waals surface area (Å²) in [6.07, 6.45) is 1.58. The fourth-order valence-electron chi connectivity index (χ4n) is 2.77. The predicted octanol–water partition coefficient (Wildman–Crippen LogP) is -2.26. The van der Waals surface area contributed by atoms with Crippen LogP contribution in [0.1, 0.15) is 12.8 Å². The first kappa shape index (κ1) is 20.8. The van der Waals surface area contributed by atoms with Gasteiger partial charge in [0.25, 0.3) is 10.2 Å². The quantitative estimate of drug-likeness (QED) is 0.259. The number of nitrogens with one attached hydrogen (secondary N) is 1. The topological polar surface area (TPSA) is 122 Å². The molecular formula is C12H30BN5O4S. The number of nitrogens with two attached hydrogens (primary N) is 1. The Kier molecular flexibility index (Phi) is 8.38. The summed E-state index contributed by atoms with van der Waals surface area (Å²) in [6.45, 7) is 1.56. The minimum atomic E-state index is -3.61. The van der Waals surface area contributed by atoms with Crippen molar-refractivity contribution in [1.29, 1.82) is 0 Å². The highest BCUT2D eigenvalue weighted by Crippen LogP contribution is 2.25. The fraction of sp³-hybridized carbons (Fsp3) is 1.00. The van der Waals surface area contributed by atoms with Gasteiger partial charge < -0.3 is 21.1 Å². The van der Waals surface area contributed by atoms with Crippen LogP contribution in [0.2, 0.25) is 6.32 Å². The van der Waals surface area contributed by atoms with E-state index >= 15 is 0 Å². The molecule has 0 aromatic heterocycles. The van der Waals surface area contributed by atoms with Gasteiger partial charge in [-0.15, -0.1) is 4.41 Å². The average Bonchev–Trinajstić information content (AvgIpc) is 2.80. The summed E-state index contributed by atoms with van der Waals surface area (Å²) < 4.78 is 28.4. The first-order chi connectivity index (χ1) is 10.7. The van der Waals surface area contributed by atoms with Gasteiger partial charge in [-0.1, -0.05) is 6.42 Å². The molecule has 1 aliphatic heterocycles. The van der Waals surface area contributed by atoms with E-state index in [2.05, 4.69) is 5.32 Å². The summed E-state index contributed by atoms with van der Waals surface area (Å²) >= 11 is 0. The molecule has 2 atom stereocenters.